The summed E-state index contributed by atoms with van der Waals surface area (Å²) in [6.45, 7) is 3.04. The molecule has 0 aliphatic carbocycles. The number of rotatable bonds is 4. The van der Waals surface area contributed by atoms with Gasteiger partial charge in [-0.25, -0.2) is 0 Å². The predicted molar refractivity (Wildman–Crippen MR) is 64.6 cm³/mol. The standard InChI is InChI=1S/C12H18O9/c1-5(13)18-4-8-10(19-6(2)14)11(20-7(3)15)9(16)12(17)21-8/h8-12,16-17H,4H2,1-3H3/t8-,9-,10-,11-,12-/m1/s1. The molecule has 0 radical (unpaired) electrons. The summed E-state index contributed by atoms with van der Waals surface area (Å²) >= 11 is 0. The highest BCUT2D eigenvalue weighted by molar-refractivity contribution is 5.67. The molecule has 1 heterocycles. The third-order valence-corrected chi connectivity index (χ3v) is 2.69. The number of hydrogen-bond acceptors (Lipinski definition) is 9. The first-order valence-corrected chi connectivity index (χ1v) is 6.21. The monoisotopic (exact) mass is 306 g/mol. The molecule has 0 unspecified atom stereocenters. The second-order valence-corrected chi connectivity index (χ2v) is 4.51. The van der Waals surface area contributed by atoms with Gasteiger partial charge in [-0.15, -0.1) is 0 Å². The second kappa shape index (κ2) is 7.34. The summed E-state index contributed by atoms with van der Waals surface area (Å²) in [6.07, 6.45) is -6.92. The minimum Gasteiger partial charge on any atom is -0.463 e. The molecule has 0 saturated carbocycles. The van der Waals surface area contributed by atoms with Gasteiger partial charge in [0.15, 0.2) is 18.5 Å². The van der Waals surface area contributed by atoms with Gasteiger partial charge in [-0.1, -0.05) is 0 Å². The van der Waals surface area contributed by atoms with Gasteiger partial charge in [0.05, 0.1) is 0 Å². The van der Waals surface area contributed by atoms with Crippen LogP contribution in [0, 0.1) is 0 Å². The van der Waals surface area contributed by atoms with Crippen molar-refractivity contribution >= 4 is 17.9 Å². The topological polar surface area (TPSA) is 129 Å². The van der Waals surface area contributed by atoms with Gasteiger partial charge < -0.3 is 29.2 Å². The molecule has 0 spiro atoms. The molecule has 1 rings (SSSR count). The number of hydrogen-bond donors (Lipinski definition) is 2. The largest absolute Gasteiger partial charge is 0.463 e. The van der Waals surface area contributed by atoms with Gasteiger partial charge in [0, 0.05) is 20.8 Å². The molecule has 0 aromatic carbocycles. The first kappa shape index (κ1) is 17.3. The number of ether oxygens (including phenoxy) is 4. The van der Waals surface area contributed by atoms with Crippen LogP contribution >= 0.6 is 0 Å². The van der Waals surface area contributed by atoms with Gasteiger partial charge in [0.25, 0.3) is 0 Å². The van der Waals surface area contributed by atoms with Gasteiger partial charge >= 0.3 is 17.9 Å². The molecule has 9 nitrogen and oxygen atoms in total. The Hall–Kier alpha value is -1.71. The highest BCUT2D eigenvalue weighted by atomic mass is 16.7. The van der Waals surface area contributed by atoms with Crippen LogP contribution in [-0.2, 0) is 33.3 Å². The Morgan fingerprint density at radius 3 is 1.95 bits per heavy atom. The van der Waals surface area contributed by atoms with Gasteiger partial charge in [0.2, 0.25) is 0 Å². The van der Waals surface area contributed by atoms with Crippen LogP contribution < -0.4 is 0 Å². The summed E-state index contributed by atoms with van der Waals surface area (Å²) < 4.78 is 19.6. The Labute approximate surface area is 120 Å². The van der Waals surface area contributed by atoms with Crippen LogP contribution in [0.2, 0.25) is 0 Å². The van der Waals surface area contributed by atoms with E-state index in [1.807, 2.05) is 0 Å². The maximum Gasteiger partial charge on any atom is 0.303 e. The number of aliphatic hydroxyl groups is 2. The Morgan fingerprint density at radius 2 is 1.48 bits per heavy atom. The molecule has 0 aromatic rings. The number of aliphatic hydroxyl groups excluding tert-OH is 2. The second-order valence-electron chi connectivity index (χ2n) is 4.51. The predicted octanol–water partition coefficient (Wildman–Crippen LogP) is -1.51. The molecule has 5 atom stereocenters. The normalized spacial score (nSPS) is 32.1. The van der Waals surface area contributed by atoms with Crippen molar-refractivity contribution in [2.45, 2.75) is 51.5 Å². The van der Waals surface area contributed by atoms with E-state index in [4.69, 9.17) is 18.9 Å². The maximum atomic E-state index is 11.1. The minimum absolute atomic E-state index is 0.338. The van der Waals surface area contributed by atoms with Crippen LogP contribution in [0.1, 0.15) is 20.8 Å². The SMILES string of the molecule is CC(=O)OC[C@H]1O[C@@H](O)[C@H](O)[C@@H](OC(C)=O)[C@@H]1OC(C)=O. The molecular formula is C12H18O9. The molecule has 0 bridgehead atoms. The lowest BCUT2D eigenvalue weighted by Crippen LogP contribution is -2.61. The van der Waals surface area contributed by atoms with Crippen molar-refractivity contribution in [2.24, 2.45) is 0 Å². The number of carbonyl (C=O) groups is 3. The molecule has 0 aromatic heterocycles. The molecule has 1 fully saturated rings. The van der Waals surface area contributed by atoms with Crippen molar-refractivity contribution in [1.82, 2.24) is 0 Å². The van der Waals surface area contributed by atoms with Crippen molar-refractivity contribution in [3.63, 3.8) is 0 Å². The zero-order valence-corrected chi connectivity index (χ0v) is 11.8. The fraction of sp³-hybridized carbons (Fsp3) is 0.750. The van der Waals surface area contributed by atoms with Crippen LogP contribution in [-0.4, -0.2) is 65.4 Å². The average molecular weight is 306 g/mol. The molecule has 2 N–H and O–H groups in total. The zero-order valence-electron chi connectivity index (χ0n) is 11.8. The smallest absolute Gasteiger partial charge is 0.303 e. The van der Waals surface area contributed by atoms with E-state index in [0.29, 0.717) is 0 Å². The minimum atomic E-state index is -1.68. The van der Waals surface area contributed by atoms with Gasteiger partial charge in [0.1, 0.15) is 18.8 Å². The van der Waals surface area contributed by atoms with E-state index in [0.717, 1.165) is 13.8 Å². The lowest BCUT2D eigenvalue weighted by atomic mass is 9.98. The van der Waals surface area contributed by atoms with Crippen LogP contribution in [0.4, 0.5) is 0 Å². The average Bonchev–Trinajstić information content (AvgIpc) is 2.35. The third kappa shape index (κ3) is 4.96. The van der Waals surface area contributed by atoms with Crippen molar-refractivity contribution < 1.29 is 43.5 Å². The molecular weight excluding hydrogens is 288 g/mol. The highest BCUT2D eigenvalue weighted by Gasteiger charge is 2.49. The van der Waals surface area contributed by atoms with E-state index in [2.05, 4.69) is 0 Å². The molecule has 1 aliphatic rings. The van der Waals surface area contributed by atoms with Crippen molar-refractivity contribution in [2.75, 3.05) is 6.61 Å². The summed E-state index contributed by atoms with van der Waals surface area (Å²) in [7, 11) is 0. The Morgan fingerprint density at radius 1 is 0.952 bits per heavy atom. The van der Waals surface area contributed by atoms with E-state index < -0.39 is 48.6 Å². The summed E-state index contributed by atoms with van der Waals surface area (Å²) in [6, 6.07) is 0. The van der Waals surface area contributed by atoms with Gasteiger partial charge in [-0.2, -0.15) is 0 Å². The number of carbonyl (C=O) groups excluding carboxylic acids is 3. The van der Waals surface area contributed by atoms with Crippen LogP contribution in [0.25, 0.3) is 0 Å². The molecule has 1 aliphatic heterocycles. The lowest BCUT2D eigenvalue weighted by Gasteiger charge is -2.41. The van der Waals surface area contributed by atoms with E-state index >= 15 is 0 Å². The van der Waals surface area contributed by atoms with Crippen LogP contribution in [0.3, 0.4) is 0 Å². The van der Waals surface area contributed by atoms with E-state index in [1.165, 1.54) is 6.92 Å². The zero-order chi connectivity index (χ0) is 16.2. The van der Waals surface area contributed by atoms with Crippen molar-refractivity contribution in [1.29, 1.82) is 0 Å². The Kier molecular flexibility index (Phi) is 6.06. The van der Waals surface area contributed by atoms with Crippen molar-refractivity contribution in [3.05, 3.63) is 0 Å². The van der Waals surface area contributed by atoms with Crippen LogP contribution in [0.15, 0.2) is 0 Å². The maximum absolute atomic E-state index is 11.1. The van der Waals surface area contributed by atoms with E-state index in [-0.39, 0.29) is 6.61 Å². The fourth-order valence-electron chi connectivity index (χ4n) is 1.90. The summed E-state index contributed by atoms with van der Waals surface area (Å²) in [4.78, 5) is 33.1. The first-order chi connectivity index (χ1) is 9.72. The van der Waals surface area contributed by atoms with Crippen LogP contribution in [0.5, 0.6) is 0 Å². The third-order valence-electron chi connectivity index (χ3n) is 2.69. The first-order valence-electron chi connectivity index (χ1n) is 6.21. The van der Waals surface area contributed by atoms with E-state index in [9.17, 15) is 24.6 Å². The van der Waals surface area contributed by atoms with Crippen molar-refractivity contribution in [3.8, 4) is 0 Å². The molecule has 21 heavy (non-hydrogen) atoms. The Bertz CT molecular complexity index is 408. The molecule has 9 heteroatoms. The van der Waals surface area contributed by atoms with Gasteiger partial charge in [-0.05, 0) is 0 Å². The summed E-state index contributed by atoms with van der Waals surface area (Å²) in [5.41, 5.74) is 0. The van der Waals surface area contributed by atoms with Gasteiger partial charge in [-0.3, -0.25) is 14.4 Å². The number of esters is 3. The lowest BCUT2D eigenvalue weighted by molar-refractivity contribution is -0.293. The summed E-state index contributed by atoms with van der Waals surface area (Å²) in [5.74, 6) is -2.06. The quantitative estimate of drug-likeness (QED) is 0.470. The molecule has 0 amide bonds. The van der Waals surface area contributed by atoms with E-state index in [1.54, 1.807) is 0 Å². The fourth-order valence-corrected chi connectivity index (χ4v) is 1.90. The Balaban J connectivity index is 2.94. The summed E-state index contributed by atoms with van der Waals surface area (Å²) in [5, 5.41) is 19.4. The highest BCUT2D eigenvalue weighted by Crippen LogP contribution is 2.25. The molecule has 1 saturated heterocycles. The molecule has 120 valence electrons.